The first-order chi connectivity index (χ1) is 13.0. The molecule has 2 atom stereocenters. The van der Waals surface area contributed by atoms with Gasteiger partial charge in [-0.2, -0.15) is 21.6 Å². The molecule has 0 aromatic heterocycles. The molecule has 160 valence electrons. The number of unbranched alkanes of at least 4 members (excludes halogenated alkanes) is 3. The molecular weight excluding hydrogens is 389 g/mol. The number of likely N-dealkylation sites (tertiary alicyclic amines) is 1. The minimum atomic E-state index is -5.41. The molecule has 1 aliphatic heterocycles. The minimum Gasteiger partial charge on any atom is -0.303 e. The van der Waals surface area contributed by atoms with Crippen molar-refractivity contribution in [3.05, 3.63) is 29.8 Å². The Hall–Kier alpha value is -1.28. The van der Waals surface area contributed by atoms with Crippen LogP contribution in [0.5, 0.6) is 0 Å². The molecule has 0 spiro atoms. The van der Waals surface area contributed by atoms with E-state index in [4.69, 9.17) is 0 Å². The van der Waals surface area contributed by atoms with Crippen molar-refractivity contribution in [2.24, 2.45) is 5.92 Å². The van der Waals surface area contributed by atoms with Crippen molar-refractivity contribution in [2.75, 3.05) is 24.4 Å². The first-order valence-corrected chi connectivity index (χ1v) is 11.4. The van der Waals surface area contributed by atoms with E-state index < -0.39 is 15.5 Å². The lowest BCUT2D eigenvalue weighted by molar-refractivity contribution is -0.0429. The number of nitrogens with zero attached hydrogens (tertiary/aromatic N) is 1. The standard InChI is InChI=1S/C20H31F3N2O2S/c1-4-5-6-7-12-25-13-11-19(3,16(2)15-25)17-9-8-10-18(14-17)24-28(26,27)20(21,22)23/h8-10,14,16,24H,4-7,11-13,15H2,1-3H3. The van der Waals surface area contributed by atoms with Crippen LogP contribution in [-0.4, -0.2) is 38.5 Å². The summed E-state index contributed by atoms with van der Waals surface area (Å²) >= 11 is 0. The Morgan fingerprint density at radius 1 is 1.25 bits per heavy atom. The van der Waals surface area contributed by atoms with Gasteiger partial charge in [0.2, 0.25) is 0 Å². The van der Waals surface area contributed by atoms with Crippen LogP contribution >= 0.6 is 0 Å². The summed E-state index contributed by atoms with van der Waals surface area (Å²) in [6, 6.07) is 6.37. The summed E-state index contributed by atoms with van der Waals surface area (Å²) in [5.41, 5.74) is -4.72. The number of sulfonamides is 1. The minimum absolute atomic E-state index is 0.0507. The third-order valence-electron chi connectivity index (χ3n) is 5.97. The third kappa shape index (κ3) is 5.41. The van der Waals surface area contributed by atoms with Crippen LogP contribution < -0.4 is 4.72 Å². The quantitative estimate of drug-likeness (QED) is 0.593. The number of hydrogen-bond acceptors (Lipinski definition) is 3. The van der Waals surface area contributed by atoms with Gasteiger partial charge in [0.1, 0.15) is 0 Å². The molecule has 1 aromatic rings. The molecule has 1 heterocycles. The van der Waals surface area contributed by atoms with Gasteiger partial charge in [-0.05, 0) is 55.0 Å². The van der Waals surface area contributed by atoms with E-state index in [1.165, 1.54) is 37.8 Å². The van der Waals surface area contributed by atoms with E-state index in [0.717, 1.165) is 31.6 Å². The fourth-order valence-electron chi connectivity index (χ4n) is 3.86. The number of nitrogens with one attached hydrogen (secondary N) is 1. The molecule has 28 heavy (non-hydrogen) atoms. The van der Waals surface area contributed by atoms with Gasteiger partial charge in [-0.3, -0.25) is 4.72 Å². The second-order valence-corrected chi connectivity index (χ2v) is 9.74. The number of halogens is 3. The maximum absolute atomic E-state index is 12.6. The second kappa shape index (κ2) is 9.03. The van der Waals surface area contributed by atoms with Gasteiger partial charge in [0, 0.05) is 12.2 Å². The highest BCUT2D eigenvalue weighted by atomic mass is 32.2. The zero-order valence-corrected chi connectivity index (χ0v) is 17.7. The van der Waals surface area contributed by atoms with Crippen molar-refractivity contribution in [3.8, 4) is 0 Å². The summed E-state index contributed by atoms with van der Waals surface area (Å²) < 4.78 is 62.4. The number of alkyl halides is 3. The van der Waals surface area contributed by atoms with E-state index >= 15 is 0 Å². The molecule has 1 aliphatic rings. The summed E-state index contributed by atoms with van der Waals surface area (Å²) in [5.74, 6) is 0.307. The van der Waals surface area contributed by atoms with Gasteiger partial charge in [0.15, 0.2) is 0 Å². The third-order valence-corrected chi connectivity index (χ3v) is 7.09. The van der Waals surface area contributed by atoms with E-state index in [2.05, 4.69) is 25.7 Å². The van der Waals surface area contributed by atoms with Gasteiger partial charge in [0.05, 0.1) is 0 Å². The van der Waals surface area contributed by atoms with Crippen molar-refractivity contribution in [3.63, 3.8) is 0 Å². The Labute approximate surface area is 166 Å². The van der Waals surface area contributed by atoms with E-state index in [9.17, 15) is 21.6 Å². The number of rotatable bonds is 8. The molecular formula is C20H31F3N2O2S. The van der Waals surface area contributed by atoms with Crippen molar-refractivity contribution in [1.82, 2.24) is 4.90 Å². The van der Waals surface area contributed by atoms with E-state index in [1.807, 2.05) is 6.07 Å². The fourth-order valence-corrected chi connectivity index (χ4v) is 4.41. The Balaban J connectivity index is 2.09. The molecule has 0 amide bonds. The molecule has 4 nitrogen and oxygen atoms in total. The molecule has 1 aromatic carbocycles. The molecule has 0 radical (unpaired) electrons. The number of benzene rings is 1. The number of hydrogen-bond donors (Lipinski definition) is 1. The lowest BCUT2D eigenvalue weighted by Crippen LogP contribution is -2.47. The number of anilines is 1. The highest BCUT2D eigenvalue weighted by Crippen LogP contribution is 2.40. The van der Waals surface area contributed by atoms with Crippen molar-refractivity contribution in [1.29, 1.82) is 0 Å². The molecule has 2 rings (SSSR count). The van der Waals surface area contributed by atoms with Crippen LogP contribution in [0.25, 0.3) is 0 Å². The van der Waals surface area contributed by atoms with Gasteiger partial charge in [-0.15, -0.1) is 0 Å². The predicted octanol–water partition coefficient (Wildman–Crippen LogP) is 5.13. The molecule has 1 N–H and O–H groups in total. The molecule has 1 fully saturated rings. The maximum Gasteiger partial charge on any atom is 0.516 e. The predicted molar refractivity (Wildman–Crippen MR) is 107 cm³/mol. The first kappa shape index (κ1) is 23.0. The van der Waals surface area contributed by atoms with E-state index in [-0.39, 0.29) is 11.1 Å². The van der Waals surface area contributed by atoms with E-state index in [0.29, 0.717) is 5.92 Å². The van der Waals surface area contributed by atoms with Crippen LogP contribution in [0.2, 0.25) is 0 Å². The SMILES string of the molecule is CCCCCCN1CCC(C)(c2cccc(NS(=O)(=O)C(F)(F)F)c2)C(C)C1. The summed E-state index contributed by atoms with van der Waals surface area (Å²) in [6.45, 7) is 9.41. The average molecular weight is 421 g/mol. The maximum atomic E-state index is 12.6. The number of piperidine rings is 1. The van der Waals surface area contributed by atoms with Gasteiger partial charge in [-0.1, -0.05) is 52.2 Å². The summed E-state index contributed by atoms with van der Waals surface area (Å²) in [5, 5.41) is 0. The Morgan fingerprint density at radius 2 is 1.96 bits per heavy atom. The molecule has 2 unspecified atom stereocenters. The Kier molecular flexibility index (Phi) is 7.42. The lowest BCUT2D eigenvalue weighted by Gasteiger charge is -2.45. The summed E-state index contributed by atoms with van der Waals surface area (Å²) in [4.78, 5) is 2.46. The van der Waals surface area contributed by atoms with Crippen LogP contribution in [0.1, 0.15) is 58.4 Å². The first-order valence-electron chi connectivity index (χ1n) is 9.91. The molecule has 1 saturated heterocycles. The van der Waals surface area contributed by atoms with Crippen LogP contribution in [0, 0.1) is 5.92 Å². The second-order valence-electron chi connectivity index (χ2n) is 8.06. The Morgan fingerprint density at radius 3 is 2.57 bits per heavy atom. The van der Waals surface area contributed by atoms with Crippen LogP contribution in [-0.2, 0) is 15.4 Å². The fraction of sp³-hybridized carbons (Fsp3) is 0.700. The summed E-state index contributed by atoms with van der Waals surface area (Å²) in [7, 11) is -5.41. The molecule has 0 saturated carbocycles. The zero-order valence-electron chi connectivity index (χ0n) is 16.8. The highest BCUT2D eigenvalue weighted by Gasteiger charge is 2.46. The van der Waals surface area contributed by atoms with Gasteiger partial charge in [-0.25, -0.2) is 0 Å². The van der Waals surface area contributed by atoms with Crippen molar-refractivity contribution in [2.45, 2.75) is 63.8 Å². The van der Waals surface area contributed by atoms with E-state index in [1.54, 1.807) is 10.8 Å². The smallest absolute Gasteiger partial charge is 0.303 e. The topological polar surface area (TPSA) is 49.4 Å². The van der Waals surface area contributed by atoms with Gasteiger partial charge in [0.25, 0.3) is 0 Å². The van der Waals surface area contributed by atoms with Crippen LogP contribution in [0.4, 0.5) is 18.9 Å². The monoisotopic (exact) mass is 420 g/mol. The van der Waals surface area contributed by atoms with Crippen LogP contribution in [0.15, 0.2) is 24.3 Å². The van der Waals surface area contributed by atoms with Gasteiger partial charge >= 0.3 is 15.5 Å². The van der Waals surface area contributed by atoms with Crippen LogP contribution in [0.3, 0.4) is 0 Å². The summed E-state index contributed by atoms with van der Waals surface area (Å²) in [6.07, 6.45) is 5.77. The van der Waals surface area contributed by atoms with Crippen molar-refractivity contribution < 1.29 is 21.6 Å². The van der Waals surface area contributed by atoms with Gasteiger partial charge < -0.3 is 4.90 Å². The largest absolute Gasteiger partial charge is 0.516 e. The van der Waals surface area contributed by atoms with Crippen molar-refractivity contribution >= 4 is 15.7 Å². The zero-order chi connectivity index (χ0) is 21.0. The highest BCUT2D eigenvalue weighted by molar-refractivity contribution is 7.93. The molecule has 0 aliphatic carbocycles. The molecule has 8 heteroatoms. The molecule has 0 bridgehead atoms. The average Bonchev–Trinajstić information content (AvgIpc) is 2.61. The normalized spacial score (nSPS) is 24.3. The Bertz CT molecular complexity index is 752. The lowest BCUT2D eigenvalue weighted by atomic mass is 9.68.